The van der Waals surface area contributed by atoms with Crippen molar-refractivity contribution in [2.45, 2.75) is 31.4 Å². The summed E-state index contributed by atoms with van der Waals surface area (Å²) in [5.41, 5.74) is 3.58. The highest BCUT2D eigenvalue weighted by molar-refractivity contribution is 6.08. The molecule has 1 saturated carbocycles. The van der Waals surface area contributed by atoms with E-state index in [0.29, 0.717) is 35.7 Å². The van der Waals surface area contributed by atoms with Gasteiger partial charge in [0.25, 0.3) is 0 Å². The van der Waals surface area contributed by atoms with Crippen LogP contribution in [0.1, 0.15) is 25.3 Å². The number of allylic oxidation sites excluding steroid dienone is 4. The molecule has 3 amide bonds. The average Bonchev–Trinajstić information content (AvgIpc) is 3.53. The van der Waals surface area contributed by atoms with Crippen molar-refractivity contribution < 1.29 is 27.6 Å². The van der Waals surface area contributed by atoms with E-state index in [0.717, 1.165) is 21.6 Å². The van der Waals surface area contributed by atoms with E-state index in [1.54, 1.807) is 34.2 Å². The van der Waals surface area contributed by atoms with Crippen molar-refractivity contribution in [2.24, 2.45) is 0 Å². The Morgan fingerprint density at radius 2 is 1.93 bits per heavy atom. The van der Waals surface area contributed by atoms with Crippen molar-refractivity contribution in [3.63, 3.8) is 0 Å². The van der Waals surface area contributed by atoms with Gasteiger partial charge in [-0.3, -0.25) is 19.3 Å². The number of carbonyl (C=O) groups excluding carboxylic acids is 3. The molecule has 1 fully saturated rings. The van der Waals surface area contributed by atoms with Crippen molar-refractivity contribution in [3.05, 3.63) is 77.7 Å². The van der Waals surface area contributed by atoms with Crippen LogP contribution in [0, 0.1) is 0 Å². The molecule has 4 aliphatic rings. The molecule has 0 saturated heterocycles. The number of para-hydroxylation sites is 1. The van der Waals surface area contributed by atoms with Crippen LogP contribution in [0.2, 0.25) is 0 Å². The molecule has 1 spiro atoms. The number of nitrogens with one attached hydrogen (secondary N) is 2. The minimum absolute atomic E-state index is 0.0928. The normalized spacial score (nSPS) is 23.0. The highest BCUT2D eigenvalue weighted by Gasteiger charge is 2.52. The van der Waals surface area contributed by atoms with Crippen LogP contribution in [-0.2, 0) is 19.8 Å². The topological polar surface area (TPSA) is 97.9 Å². The second-order valence-electron chi connectivity index (χ2n) is 10.6. The van der Waals surface area contributed by atoms with Gasteiger partial charge in [0, 0.05) is 17.5 Å². The van der Waals surface area contributed by atoms with Crippen LogP contribution in [0.15, 0.2) is 72.1 Å². The molecule has 0 bridgehead atoms. The molecule has 41 heavy (non-hydrogen) atoms. The lowest BCUT2D eigenvalue weighted by Crippen LogP contribution is -2.49. The van der Waals surface area contributed by atoms with Crippen LogP contribution in [0.5, 0.6) is 0 Å². The van der Waals surface area contributed by atoms with Gasteiger partial charge in [0.1, 0.15) is 12.4 Å². The molecular formula is C29H27F3N6O3. The number of anilines is 4. The van der Waals surface area contributed by atoms with Gasteiger partial charge in [-0.25, -0.2) is 4.98 Å². The largest absolute Gasteiger partial charge is 0.406 e. The second kappa shape index (κ2) is 9.50. The fraction of sp³-hybridized carbons (Fsp3) is 0.310. The summed E-state index contributed by atoms with van der Waals surface area (Å²) in [6, 6.07) is 8.50. The van der Waals surface area contributed by atoms with Gasteiger partial charge in [0.05, 0.1) is 42.2 Å². The van der Waals surface area contributed by atoms with Crippen LogP contribution >= 0.6 is 0 Å². The Balaban J connectivity index is 1.17. The lowest BCUT2D eigenvalue weighted by Gasteiger charge is -2.34. The number of alkyl halides is 3. The van der Waals surface area contributed by atoms with Crippen molar-refractivity contribution >= 4 is 40.6 Å². The van der Waals surface area contributed by atoms with Gasteiger partial charge in [0.2, 0.25) is 17.7 Å². The number of aromatic nitrogens is 1. The second-order valence-corrected chi connectivity index (χ2v) is 10.6. The molecular weight excluding hydrogens is 537 g/mol. The molecule has 1 aromatic heterocycles. The molecule has 9 nitrogen and oxygen atoms in total. The van der Waals surface area contributed by atoms with Crippen LogP contribution < -0.4 is 25.3 Å². The third kappa shape index (κ3) is 4.52. The SMILES string of the molecule is C=C(/C=C1/CC2(C/C1=C/C)C(=O)Nc1ncccc12)NC(=O)CN1CN2CC(=O)N(CC(F)(F)F)c3cccc1c32. The van der Waals surface area contributed by atoms with E-state index in [4.69, 9.17) is 0 Å². The summed E-state index contributed by atoms with van der Waals surface area (Å²) in [7, 11) is 0. The van der Waals surface area contributed by atoms with E-state index in [2.05, 4.69) is 22.2 Å². The fourth-order valence-corrected chi connectivity index (χ4v) is 6.27. The van der Waals surface area contributed by atoms with Crippen molar-refractivity contribution in [1.29, 1.82) is 0 Å². The van der Waals surface area contributed by atoms with Gasteiger partial charge < -0.3 is 20.4 Å². The number of pyridine rings is 1. The van der Waals surface area contributed by atoms with E-state index >= 15 is 0 Å². The Kier molecular flexibility index (Phi) is 6.16. The smallest absolute Gasteiger partial charge is 0.343 e. The molecule has 212 valence electrons. The maximum Gasteiger partial charge on any atom is 0.406 e. The number of benzene rings is 1. The zero-order valence-electron chi connectivity index (χ0n) is 22.2. The molecule has 2 N–H and O–H groups in total. The molecule has 6 rings (SSSR count). The first-order valence-corrected chi connectivity index (χ1v) is 13.1. The van der Waals surface area contributed by atoms with Crippen molar-refractivity contribution in [2.75, 3.05) is 46.3 Å². The molecule has 2 aromatic rings. The molecule has 1 unspecified atom stereocenters. The van der Waals surface area contributed by atoms with Crippen molar-refractivity contribution in [3.8, 4) is 0 Å². The lowest BCUT2D eigenvalue weighted by atomic mass is 9.80. The summed E-state index contributed by atoms with van der Waals surface area (Å²) in [5.74, 6) is -0.561. The molecule has 1 aliphatic carbocycles. The predicted molar refractivity (Wildman–Crippen MR) is 147 cm³/mol. The Morgan fingerprint density at radius 1 is 1.17 bits per heavy atom. The number of hydrogen-bond acceptors (Lipinski definition) is 6. The summed E-state index contributed by atoms with van der Waals surface area (Å²) in [5, 5.41) is 5.67. The molecule has 4 heterocycles. The standard InChI is InChI=1S/C29H27F3N6O3/c1-3-18-11-28(20-6-5-9-33-26(20)35-27(28)41)12-19(18)10-17(2)34-23(39)13-36-16-37-14-24(40)38(15-29(30,31)32)22-8-4-7-21(36)25(22)37/h3-10H,2,11-16H2,1H3,(H,34,39)(H,33,35,41)/b18-3-,19-10-. The van der Waals surface area contributed by atoms with Gasteiger partial charge in [-0.2, -0.15) is 13.2 Å². The lowest BCUT2D eigenvalue weighted by molar-refractivity contribution is -0.131. The van der Waals surface area contributed by atoms with E-state index in [1.807, 2.05) is 25.1 Å². The summed E-state index contributed by atoms with van der Waals surface area (Å²) in [6.45, 7) is 4.41. The van der Waals surface area contributed by atoms with Gasteiger partial charge in [-0.05, 0) is 55.2 Å². The minimum atomic E-state index is -4.54. The number of rotatable bonds is 5. The maximum absolute atomic E-state index is 13.1. The third-order valence-corrected chi connectivity index (χ3v) is 7.97. The number of carbonyl (C=O) groups is 3. The number of halogens is 3. The summed E-state index contributed by atoms with van der Waals surface area (Å²) >= 11 is 0. The predicted octanol–water partition coefficient (Wildman–Crippen LogP) is 3.76. The highest BCUT2D eigenvalue weighted by atomic mass is 19.4. The fourth-order valence-electron chi connectivity index (χ4n) is 6.27. The average molecular weight is 565 g/mol. The first kappa shape index (κ1) is 26.6. The Hall–Kier alpha value is -4.61. The minimum Gasteiger partial charge on any atom is -0.343 e. The molecule has 3 aliphatic heterocycles. The van der Waals surface area contributed by atoms with Crippen LogP contribution in [0.3, 0.4) is 0 Å². The Labute approximate surface area is 234 Å². The first-order valence-electron chi connectivity index (χ1n) is 13.1. The van der Waals surface area contributed by atoms with E-state index < -0.39 is 24.0 Å². The quantitative estimate of drug-likeness (QED) is 0.574. The van der Waals surface area contributed by atoms with Gasteiger partial charge in [-0.15, -0.1) is 0 Å². The van der Waals surface area contributed by atoms with Crippen LogP contribution in [-0.4, -0.2) is 55.2 Å². The van der Waals surface area contributed by atoms with E-state index in [-0.39, 0.29) is 37.3 Å². The van der Waals surface area contributed by atoms with Gasteiger partial charge in [-0.1, -0.05) is 24.8 Å². The zero-order valence-corrected chi connectivity index (χ0v) is 22.2. The first-order chi connectivity index (χ1) is 19.5. The van der Waals surface area contributed by atoms with Crippen LogP contribution in [0.25, 0.3) is 0 Å². The zero-order chi connectivity index (χ0) is 29.1. The molecule has 0 radical (unpaired) electrons. The summed E-state index contributed by atoms with van der Waals surface area (Å²) in [4.78, 5) is 47.0. The van der Waals surface area contributed by atoms with Gasteiger partial charge in [0.15, 0.2) is 0 Å². The van der Waals surface area contributed by atoms with Crippen LogP contribution in [0.4, 0.5) is 36.1 Å². The highest BCUT2D eigenvalue weighted by Crippen LogP contribution is 2.52. The Bertz CT molecular complexity index is 1570. The van der Waals surface area contributed by atoms with E-state index in [9.17, 15) is 27.6 Å². The summed E-state index contributed by atoms with van der Waals surface area (Å²) < 4.78 is 39.4. The monoisotopic (exact) mass is 564 g/mol. The van der Waals surface area contributed by atoms with E-state index in [1.165, 1.54) is 6.07 Å². The molecule has 1 aromatic carbocycles. The van der Waals surface area contributed by atoms with Gasteiger partial charge >= 0.3 is 6.18 Å². The third-order valence-electron chi connectivity index (χ3n) is 7.97. The number of amides is 3. The molecule has 12 heteroatoms. The number of hydrogen-bond donors (Lipinski definition) is 2. The van der Waals surface area contributed by atoms with Crippen molar-refractivity contribution in [1.82, 2.24) is 10.3 Å². The summed E-state index contributed by atoms with van der Waals surface area (Å²) in [6.07, 6.45) is 1.77. The molecule has 1 atom stereocenters. The maximum atomic E-state index is 13.1. The number of fused-ring (bicyclic) bond motifs is 2. The number of nitrogens with zero attached hydrogens (tertiary/aromatic N) is 4. The Morgan fingerprint density at radius 3 is 2.68 bits per heavy atom.